The van der Waals surface area contributed by atoms with Gasteiger partial charge in [0.25, 0.3) is 0 Å². The van der Waals surface area contributed by atoms with Crippen molar-refractivity contribution in [1.29, 1.82) is 0 Å². The van der Waals surface area contributed by atoms with E-state index >= 15 is 0 Å². The molecule has 8 aromatic rings. The van der Waals surface area contributed by atoms with Crippen LogP contribution in [0.15, 0.2) is 198 Å². The van der Waals surface area contributed by atoms with E-state index in [1.54, 1.807) is 0 Å². The highest BCUT2D eigenvalue weighted by Crippen LogP contribution is 2.63. The van der Waals surface area contributed by atoms with Crippen molar-refractivity contribution in [2.45, 2.75) is 57.3 Å². The van der Waals surface area contributed by atoms with E-state index in [0.717, 1.165) is 54.1 Å². The smallest absolute Gasteiger partial charge is 0.160 e. The Morgan fingerprint density at radius 1 is 0.460 bits per heavy atom. The van der Waals surface area contributed by atoms with E-state index in [1.807, 2.05) is 0 Å². The summed E-state index contributed by atoms with van der Waals surface area (Å²) >= 11 is 0. The van der Waals surface area contributed by atoms with E-state index in [2.05, 4.69) is 209 Å². The van der Waals surface area contributed by atoms with Gasteiger partial charge in [0.05, 0.1) is 16.8 Å². The van der Waals surface area contributed by atoms with E-state index in [-0.39, 0.29) is 5.41 Å². The molecule has 4 aliphatic rings. The molecule has 3 aliphatic carbocycles. The van der Waals surface area contributed by atoms with E-state index in [4.69, 9.17) is 9.98 Å². The van der Waals surface area contributed by atoms with Gasteiger partial charge in [0.15, 0.2) is 5.84 Å². The zero-order valence-electron chi connectivity index (χ0n) is 36.1. The summed E-state index contributed by atoms with van der Waals surface area (Å²) in [6.45, 7) is 7.12. The van der Waals surface area contributed by atoms with Gasteiger partial charge < -0.3 is 0 Å². The van der Waals surface area contributed by atoms with Crippen LogP contribution in [0.4, 0.5) is 0 Å². The first-order chi connectivity index (χ1) is 30.9. The van der Waals surface area contributed by atoms with Crippen LogP contribution in [0, 0.1) is 0 Å². The highest BCUT2D eigenvalue weighted by atomic mass is 14.9. The number of aliphatic imine (C=N–C) groups is 2. The van der Waals surface area contributed by atoms with Gasteiger partial charge in [-0.3, -0.25) is 0 Å². The van der Waals surface area contributed by atoms with Gasteiger partial charge in [-0.15, -0.1) is 0 Å². The summed E-state index contributed by atoms with van der Waals surface area (Å²) in [5.41, 5.74) is 22.1. The number of nitrogens with zero attached hydrogens (tertiary/aromatic N) is 2. The first-order valence-electron chi connectivity index (χ1n) is 22.6. The van der Waals surface area contributed by atoms with Crippen molar-refractivity contribution < 1.29 is 0 Å². The fourth-order valence-corrected chi connectivity index (χ4v) is 11.7. The molecule has 1 spiro atoms. The Bertz CT molecular complexity index is 3270. The zero-order valence-corrected chi connectivity index (χ0v) is 36.1. The second kappa shape index (κ2) is 14.5. The van der Waals surface area contributed by atoms with Crippen LogP contribution in [0.25, 0.3) is 44.8 Å². The van der Waals surface area contributed by atoms with Crippen LogP contribution in [0.2, 0.25) is 0 Å². The number of benzene rings is 8. The van der Waals surface area contributed by atoms with Gasteiger partial charge in [0, 0.05) is 22.1 Å². The average molecular weight is 809 g/mol. The maximum Gasteiger partial charge on any atom is 0.160 e. The summed E-state index contributed by atoms with van der Waals surface area (Å²) in [5.74, 6) is 0.748. The summed E-state index contributed by atoms with van der Waals surface area (Å²) in [6.07, 6.45) is 8.43. The minimum absolute atomic E-state index is 0.272. The maximum atomic E-state index is 5.58. The molecule has 12 rings (SSSR count). The number of hydrogen-bond donors (Lipinski definition) is 0. The van der Waals surface area contributed by atoms with Crippen LogP contribution in [0.1, 0.15) is 101 Å². The normalized spacial score (nSPS) is 17.7. The predicted octanol–water partition coefficient (Wildman–Crippen LogP) is 14.9. The molecule has 0 saturated heterocycles. The molecule has 0 radical (unpaired) electrons. The largest absolute Gasteiger partial charge is 0.232 e. The van der Waals surface area contributed by atoms with Crippen molar-refractivity contribution in [1.82, 2.24) is 0 Å². The van der Waals surface area contributed by atoms with E-state index in [0.29, 0.717) is 0 Å². The second-order valence-corrected chi connectivity index (χ2v) is 18.3. The molecule has 0 amide bonds. The van der Waals surface area contributed by atoms with Crippen LogP contribution in [-0.2, 0) is 17.3 Å². The number of aryl methyl sites for hydroxylation is 1. The molecular weight excluding hydrogens is 761 g/mol. The Kier molecular flexibility index (Phi) is 8.63. The lowest BCUT2D eigenvalue weighted by molar-refractivity contribution is 0.565. The van der Waals surface area contributed by atoms with Crippen molar-refractivity contribution >= 4 is 34.1 Å². The molecule has 63 heavy (non-hydrogen) atoms. The molecule has 0 fully saturated rings. The summed E-state index contributed by atoms with van der Waals surface area (Å²) in [4.78, 5) is 11.1. The molecule has 2 heteroatoms. The Balaban J connectivity index is 1.04. The number of rotatable bonds is 4. The average Bonchev–Trinajstić information content (AvgIpc) is 3.63. The molecule has 302 valence electrons. The number of hydrogen-bond acceptors (Lipinski definition) is 2. The third kappa shape index (κ3) is 5.64. The van der Waals surface area contributed by atoms with Gasteiger partial charge in [-0.05, 0) is 128 Å². The fourth-order valence-electron chi connectivity index (χ4n) is 11.7. The minimum atomic E-state index is -0.439. The number of amidine groups is 1. The van der Waals surface area contributed by atoms with Crippen LogP contribution >= 0.6 is 0 Å². The van der Waals surface area contributed by atoms with Crippen molar-refractivity contribution in [3.63, 3.8) is 0 Å². The third-order valence-corrected chi connectivity index (χ3v) is 14.5. The molecule has 2 nitrogen and oxygen atoms in total. The standard InChI is InChI=1S/C61H48N2/c1-39-35-36-56(50-38-42-21-7-8-24-44(42)46-25-9-10-26-47(46)50)62-59(40-19-5-4-6-20-40)63-58(39)43-23-17-22-41(37-43)45-29-18-34-55-57(45)60(2,3)53-32-15-16-33-54(53)61(55)51-30-13-11-27-48(51)49-28-12-14-31-52(49)61/h4-7,9-23,25-34,37-38H,8,24,35-36H2,1-3H3/b58-39+,62-56?,63-59?. The van der Waals surface area contributed by atoms with Crippen LogP contribution in [0.5, 0.6) is 0 Å². The van der Waals surface area contributed by atoms with Crippen molar-refractivity contribution in [3.05, 3.63) is 249 Å². The third-order valence-electron chi connectivity index (χ3n) is 14.5. The second-order valence-electron chi connectivity index (χ2n) is 18.3. The Morgan fingerprint density at radius 2 is 1.06 bits per heavy atom. The van der Waals surface area contributed by atoms with Gasteiger partial charge in [0.1, 0.15) is 0 Å². The highest BCUT2D eigenvalue weighted by molar-refractivity contribution is 6.19. The summed E-state index contributed by atoms with van der Waals surface area (Å²) in [7, 11) is 0. The highest BCUT2D eigenvalue weighted by Gasteiger charge is 2.53. The van der Waals surface area contributed by atoms with E-state index in [1.165, 1.54) is 88.7 Å². The SMILES string of the molecule is C/C1=C(/c2cccc(-c3cccc4c3C(C)(C)c3ccccc3C43c4ccccc4-c4ccccc43)c2)N=C(c2ccccc2)N=C(c2cc3c(c4ccccc24)CCC=C3)CC1. The number of fused-ring (bicyclic) bond motifs is 12. The fraction of sp³-hybridized carbons (Fsp3) is 0.148. The van der Waals surface area contributed by atoms with Crippen LogP contribution in [0.3, 0.4) is 0 Å². The quantitative estimate of drug-likeness (QED) is 0.169. The van der Waals surface area contributed by atoms with Gasteiger partial charge in [-0.2, -0.15) is 0 Å². The monoisotopic (exact) mass is 808 g/mol. The van der Waals surface area contributed by atoms with Crippen LogP contribution in [-0.4, -0.2) is 11.5 Å². The van der Waals surface area contributed by atoms with Gasteiger partial charge in [-0.25, -0.2) is 9.98 Å². The molecule has 0 atom stereocenters. The molecular formula is C61H48N2. The molecule has 1 aliphatic heterocycles. The van der Waals surface area contributed by atoms with Crippen molar-refractivity contribution in [3.8, 4) is 22.3 Å². The van der Waals surface area contributed by atoms with Crippen LogP contribution < -0.4 is 0 Å². The van der Waals surface area contributed by atoms with E-state index < -0.39 is 5.41 Å². The number of allylic oxidation sites excluding steroid dienone is 2. The lowest BCUT2D eigenvalue weighted by Gasteiger charge is -2.47. The molecule has 8 aromatic carbocycles. The zero-order chi connectivity index (χ0) is 42.3. The van der Waals surface area contributed by atoms with Gasteiger partial charge >= 0.3 is 0 Å². The summed E-state index contributed by atoms with van der Waals surface area (Å²) in [5, 5.41) is 2.61. The van der Waals surface area contributed by atoms with Gasteiger partial charge in [0.2, 0.25) is 0 Å². The molecule has 0 N–H and O–H groups in total. The Morgan fingerprint density at radius 3 is 1.84 bits per heavy atom. The first-order valence-corrected chi connectivity index (χ1v) is 22.6. The predicted molar refractivity (Wildman–Crippen MR) is 264 cm³/mol. The van der Waals surface area contributed by atoms with Gasteiger partial charge in [-0.1, -0.05) is 190 Å². The molecule has 0 unspecified atom stereocenters. The molecule has 0 aromatic heterocycles. The Hall–Kier alpha value is -7.16. The van der Waals surface area contributed by atoms with E-state index in [9.17, 15) is 0 Å². The molecule has 0 bridgehead atoms. The molecule has 0 saturated carbocycles. The summed E-state index contributed by atoms with van der Waals surface area (Å²) in [6, 6.07) is 65.4. The first kappa shape index (κ1) is 37.6. The topological polar surface area (TPSA) is 24.7 Å². The lowest BCUT2D eigenvalue weighted by Crippen LogP contribution is -2.41. The van der Waals surface area contributed by atoms with Crippen molar-refractivity contribution in [2.75, 3.05) is 0 Å². The maximum absolute atomic E-state index is 5.58. The van der Waals surface area contributed by atoms with Crippen molar-refractivity contribution in [2.24, 2.45) is 9.98 Å². The Labute approximate surface area is 370 Å². The lowest BCUT2D eigenvalue weighted by atomic mass is 9.54. The summed E-state index contributed by atoms with van der Waals surface area (Å²) < 4.78 is 0. The molecule has 1 heterocycles. The minimum Gasteiger partial charge on any atom is -0.232 e.